The highest BCUT2D eigenvalue weighted by Gasteiger charge is 2.22. The standard InChI is InChI=1S/C26H23NO3/c1-16-14-17(2)24-22(15-16)23(18(3)25(27-24)19-8-6-5-7-9-19)26(28)30-21-12-10-20(29-4)11-13-21/h5-15H,1-4H3. The summed E-state index contributed by atoms with van der Waals surface area (Å²) in [6.07, 6.45) is 0. The summed E-state index contributed by atoms with van der Waals surface area (Å²) in [6.45, 7) is 5.97. The number of pyridine rings is 1. The Morgan fingerprint density at radius 1 is 0.867 bits per heavy atom. The molecule has 0 saturated heterocycles. The Bertz CT molecular complexity index is 1230. The van der Waals surface area contributed by atoms with Crippen molar-refractivity contribution in [2.45, 2.75) is 20.8 Å². The third-order valence-corrected chi connectivity index (χ3v) is 5.19. The molecule has 0 aliphatic carbocycles. The first-order valence-electron chi connectivity index (χ1n) is 9.81. The molecule has 0 spiro atoms. The van der Waals surface area contributed by atoms with Gasteiger partial charge in [-0.25, -0.2) is 9.78 Å². The average molecular weight is 397 g/mol. The molecule has 0 aliphatic rings. The van der Waals surface area contributed by atoms with Crippen LogP contribution >= 0.6 is 0 Å². The fraction of sp³-hybridized carbons (Fsp3) is 0.154. The molecule has 150 valence electrons. The van der Waals surface area contributed by atoms with E-state index in [0.717, 1.165) is 38.9 Å². The summed E-state index contributed by atoms with van der Waals surface area (Å²) in [5, 5.41) is 0.809. The fourth-order valence-corrected chi connectivity index (χ4v) is 3.76. The molecular formula is C26H23NO3. The van der Waals surface area contributed by atoms with E-state index in [1.807, 2.05) is 57.2 Å². The van der Waals surface area contributed by atoms with Gasteiger partial charge in [0.15, 0.2) is 0 Å². The van der Waals surface area contributed by atoms with Gasteiger partial charge in [0.1, 0.15) is 11.5 Å². The number of hydrogen-bond donors (Lipinski definition) is 0. The number of nitrogens with zero attached hydrogens (tertiary/aromatic N) is 1. The lowest BCUT2D eigenvalue weighted by molar-refractivity contribution is 0.0736. The van der Waals surface area contributed by atoms with Crippen molar-refractivity contribution in [2.24, 2.45) is 0 Å². The van der Waals surface area contributed by atoms with Crippen molar-refractivity contribution < 1.29 is 14.3 Å². The van der Waals surface area contributed by atoms with Crippen LogP contribution in [0.3, 0.4) is 0 Å². The third kappa shape index (κ3) is 3.64. The number of esters is 1. The first-order chi connectivity index (χ1) is 14.5. The number of ether oxygens (including phenoxy) is 2. The lowest BCUT2D eigenvalue weighted by atomic mass is 9.95. The minimum Gasteiger partial charge on any atom is -0.497 e. The second kappa shape index (κ2) is 7.99. The van der Waals surface area contributed by atoms with Crippen LogP contribution in [0.15, 0.2) is 66.7 Å². The molecule has 0 saturated carbocycles. The molecule has 0 unspecified atom stereocenters. The van der Waals surface area contributed by atoms with Gasteiger partial charge in [0.2, 0.25) is 0 Å². The Kier molecular flexibility index (Phi) is 5.23. The highest BCUT2D eigenvalue weighted by atomic mass is 16.5. The van der Waals surface area contributed by atoms with Crippen LogP contribution < -0.4 is 9.47 Å². The number of carbonyl (C=O) groups is 1. The van der Waals surface area contributed by atoms with Crippen LogP contribution in [0.4, 0.5) is 0 Å². The van der Waals surface area contributed by atoms with E-state index in [-0.39, 0.29) is 0 Å². The van der Waals surface area contributed by atoms with Gasteiger partial charge in [-0.1, -0.05) is 42.0 Å². The van der Waals surface area contributed by atoms with Gasteiger partial charge in [0.05, 0.1) is 23.9 Å². The highest BCUT2D eigenvalue weighted by Crippen LogP contribution is 2.32. The number of benzene rings is 3. The zero-order chi connectivity index (χ0) is 21.3. The summed E-state index contributed by atoms with van der Waals surface area (Å²) in [4.78, 5) is 18.3. The van der Waals surface area contributed by atoms with Gasteiger partial charge < -0.3 is 9.47 Å². The van der Waals surface area contributed by atoms with Crippen molar-refractivity contribution in [1.29, 1.82) is 0 Å². The predicted octanol–water partition coefficient (Wildman–Crippen LogP) is 6.05. The van der Waals surface area contributed by atoms with Crippen molar-refractivity contribution in [2.75, 3.05) is 7.11 Å². The smallest absolute Gasteiger partial charge is 0.344 e. The lowest BCUT2D eigenvalue weighted by Crippen LogP contribution is -2.13. The first-order valence-corrected chi connectivity index (χ1v) is 9.81. The van der Waals surface area contributed by atoms with Gasteiger partial charge in [0, 0.05) is 10.9 Å². The first kappa shape index (κ1) is 19.6. The molecule has 0 amide bonds. The van der Waals surface area contributed by atoms with E-state index in [4.69, 9.17) is 14.5 Å². The molecule has 3 aromatic carbocycles. The predicted molar refractivity (Wildman–Crippen MR) is 119 cm³/mol. The van der Waals surface area contributed by atoms with Crippen molar-refractivity contribution in [3.63, 3.8) is 0 Å². The zero-order valence-electron chi connectivity index (χ0n) is 17.5. The van der Waals surface area contributed by atoms with Gasteiger partial charge in [-0.05, 0) is 62.2 Å². The molecule has 4 aromatic rings. The van der Waals surface area contributed by atoms with Crippen LogP contribution in [0.1, 0.15) is 27.0 Å². The monoisotopic (exact) mass is 397 g/mol. The summed E-state index contributed by atoms with van der Waals surface area (Å²) >= 11 is 0. The number of carbonyl (C=O) groups excluding carboxylic acids is 1. The topological polar surface area (TPSA) is 48.4 Å². The quantitative estimate of drug-likeness (QED) is 0.310. The Balaban J connectivity index is 1.89. The van der Waals surface area contributed by atoms with Crippen molar-refractivity contribution in [1.82, 2.24) is 4.98 Å². The molecule has 0 atom stereocenters. The molecule has 0 radical (unpaired) electrons. The zero-order valence-corrected chi connectivity index (χ0v) is 17.5. The Morgan fingerprint density at radius 2 is 1.53 bits per heavy atom. The SMILES string of the molecule is COc1ccc(OC(=O)c2c(C)c(-c3ccccc3)nc3c(C)cc(C)cc23)cc1. The number of rotatable bonds is 4. The molecule has 0 fully saturated rings. The normalized spacial score (nSPS) is 10.8. The lowest BCUT2D eigenvalue weighted by Gasteiger charge is -2.16. The van der Waals surface area contributed by atoms with Crippen LogP contribution in [0.2, 0.25) is 0 Å². The maximum absolute atomic E-state index is 13.3. The Labute approximate surface area is 176 Å². The third-order valence-electron chi connectivity index (χ3n) is 5.19. The van der Waals surface area contributed by atoms with Gasteiger partial charge in [-0.3, -0.25) is 0 Å². The van der Waals surface area contributed by atoms with E-state index < -0.39 is 5.97 Å². The summed E-state index contributed by atoms with van der Waals surface area (Å²) in [5.74, 6) is 0.779. The van der Waals surface area contributed by atoms with E-state index >= 15 is 0 Å². The summed E-state index contributed by atoms with van der Waals surface area (Å²) in [5.41, 5.74) is 6.02. The summed E-state index contributed by atoms with van der Waals surface area (Å²) < 4.78 is 10.9. The fourth-order valence-electron chi connectivity index (χ4n) is 3.76. The molecule has 1 heterocycles. The summed E-state index contributed by atoms with van der Waals surface area (Å²) in [7, 11) is 1.60. The second-order valence-corrected chi connectivity index (χ2v) is 7.37. The average Bonchev–Trinajstić information content (AvgIpc) is 2.74. The largest absolute Gasteiger partial charge is 0.497 e. The summed E-state index contributed by atoms with van der Waals surface area (Å²) in [6, 6.07) is 21.0. The van der Waals surface area contributed by atoms with Crippen molar-refractivity contribution in [3.8, 4) is 22.8 Å². The van der Waals surface area contributed by atoms with E-state index in [1.54, 1.807) is 31.4 Å². The van der Waals surface area contributed by atoms with Crippen LogP contribution in [0.25, 0.3) is 22.2 Å². The molecule has 4 heteroatoms. The molecule has 4 nitrogen and oxygen atoms in total. The van der Waals surface area contributed by atoms with Gasteiger partial charge in [-0.15, -0.1) is 0 Å². The van der Waals surface area contributed by atoms with Gasteiger partial charge in [-0.2, -0.15) is 0 Å². The molecular weight excluding hydrogens is 374 g/mol. The van der Waals surface area contributed by atoms with E-state index in [2.05, 4.69) is 6.07 Å². The van der Waals surface area contributed by atoms with Crippen LogP contribution in [0, 0.1) is 20.8 Å². The van der Waals surface area contributed by atoms with E-state index in [1.165, 1.54) is 0 Å². The Morgan fingerprint density at radius 3 is 2.20 bits per heavy atom. The molecule has 0 aliphatic heterocycles. The second-order valence-electron chi connectivity index (χ2n) is 7.37. The number of fused-ring (bicyclic) bond motifs is 1. The van der Waals surface area contributed by atoms with Crippen LogP contribution in [0.5, 0.6) is 11.5 Å². The van der Waals surface area contributed by atoms with Crippen molar-refractivity contribution in [3.05, 3.63) is 89.0 Å². The van der Waals surface area contributed by atoms with Gasteiger partial charge in [0.25, 0.3) is 0 Å². The maximum atomic E-state index is 13.3. The minimum absolute atomic E-state index is 0.396. The van der Waals surface area contributed by atoms with E-state index in [9.17, 15) is 4.79 Å². The molecule has 0 N–H and O–H groups in total. The molecule has 1 aromatic heterocycles. The van der Waals surface area contributed by atoms with E-state index in [0.29, 0.717) is 17.1 Å². The number of aromatic nitrogens is 1. The van der Waals surface area contributed by atoms with Crippen LogP contribution in [-0.2, 0) is 0 Å². The minimum atomic E-state index is -0.396. The van der Waals surface area contributed by atoms with Crippen molar-refractivity contribution >= 4 is 16.9 Å². The molecule has 0 bridgehead atoms. The maximum Gasteiger partial charge on any atom is 0.344 e. The molecule has 4 rings (SSSR count). The number of hydrogen-bond acceptors (Lipinski definition) is 4. The number of aryl methyl sites for hydroxylation is 2. The number of methoxy groups -OCH3 is 1. The van der Waals surface area contributed by atoms with Gasteiger partial charge >= 0.3 is 5.97 Å². The highest BCUT2D eigenvalue weighted by molar-refractivity contribution is 6.08. The van der Waals surface area contributed by atoms with Crippen LogP contribution in [-0.4, -0.2) is 18.1 Å². The Hall–Kier alpha value is -3.66. The molecule has 30 heavy (non-hydrogen) atoms.